The van der Waals surface area contributed by atoms with Gasteiger partial charge in [-0.3, -0.25) is 4.68 Å². The van der Waals surface area contributed by atoms with E-state index in [-0.39, 0.29) is 6.61 Å². The number of nitrogens with zero attached hydrogens (tertiary/aromatic N) is 4. The Morgan fingerprint density at radius 1 is 1.30 bits per heavy atom. The molecule has 0 aliphatic carbocycles. The summed E-state index contributed by atoms with van der Waals surface area (Å²) < 4.78 is 8.70. The van der Waals surface area contributed by atoms with Gasteiger partial charge in [-0.15, -0.1) is 0 Å². The highest BCUT2D eigenvalue weighted by molar-refractivity contribution is 5.88. The second kappa shape index (κ2) is 4.80. The van der Waals surface area contributed by atoms with Crippen LogP contribution in [0.4, 0.5) is 0 Å². The van der Waals surface area contributed by atoms with E-state index in [0.29, 0.717) is 11.3 Å². The number of carbonyl (C=O) groups excluding carboxylic acids is 1. The minimum atomic E-state index is -0.397. The Morgan fingerprint density at radius 2 is 2.15 bits per heavy atom. The zero-order valence-electron chi connectivity index (χ0n) is 11.3. The third kappa shape index (κ3) is 2.40. The minimum absolute atomic E-state index is 0.147. The summed E-state index contributed by atoms with van der Waals surface area (Å²) in [5, 5.41) is 3.93. The van der Waals surface area contributed by atoms with Crippen LogP contribution in [0.2, 0.25) is 0 Å². The molecule has 102 valence electrons. The number of rotatable bonds is 3. The highest BCUT2D eigenvalue weighted by Crippen LogP contribution is 2.09. The first-order valence-electron chi connectivity index (χ1n) is 6.22. The Bertz CT molecular complexity index is 772. The molecule has 6 heteroatoms. The van der Waals surface area contributed by atoms with Crippen molar-refractivity contribution in [1.29, 1.82) is 0 Å². The predicted molar refractivity (Wildman–Crippen MR) is 72.3 cm³/mol. The van der Waals surface area contributed by atoms with E-state index >= 15 is 0 Å². The summed E-state index contributed by atoms with van der Waals surface area (Å²) in [7, 11) is 1.75. The van der Waals surface area contributed by atoms with Crippen molar-refractivity contribution in [2.24, 2.45) is 7.05 Å². The van der Waals surface area contributed by atoms with Gasteiger partial charge in [-0.1, -0.05) is 6.07 Å². The molecule has 0 aromatic carbocycles. The standard InChI is InChI=1S/C14H14N4O2/c1-10-3-4-13-16-12(8-18(13)6-10)9-20-14(19)11-5-15-17(2)7-11/h3-8H,9H2,1-2H3. The van der Waals surface area contributed by atoms with Crippen molar-refractivity contribution in [3.63, 3.8) is 0 Å². The number of carbonyl (C=O) groups is 1. The molecule has 0 radical (unpaired) electrons. The van der Waals surface area contributed by atoms with Crippen LogP contribution < -0.4 is 0 Å². The van der Waals surface area contributed by atoms with Crippen molar-refractivity contribution in [2.45, 2.75) is 13.5 Å². The maximum Gasteiger partial charge on any atom is 0.341 e. The Hall–Kier alpha value is -2.63. The first-order valence-corrected chi connectivity index (χ1v) is 6.22. The lowest BCUT2D eigenvalue weighted by Crippen LogP contribution is -2.04. The molecule has 0 saturated carbocycles. The quantitative estimate of drug-likeness (QED) is 0.680. The summed E-state index contributed by atoms with van der Waals surface area (Å²) in [6.45, 7) is 2.16. The zero-order chi connectivity index (χ0) is 14.1. The average molecular weight is 270 g/mol. The summed E-state index contributed by atoms with van der Waals surface area (Å²) in [5.74, 6) is -0.397. The third-order valence-electron chi connectivity index (χ3n) is 2.94. The van der Waals surface area contributed by atoms with Crippen LogP contribution in [0.5, 0.6) is 0 Å². The normalized spacial score (nSPS) is 10.9. The first-order chi connectivity index (χ1) is 9.61. The van der Waals surface area contributed by atoms with Gasteiger partial charge < -0.3 is 9.14 Å². The van der Waals surface area contributed by atoms with Crippen molar-refractivity contribution in [3.05, 3.63) is 53.7 Å². The van der Waals surface area contributed by atoms with Crippen LogP contribution in [-0.4, -0.2) is 25.1 Å². The van der Waals surface area contributed by atoms with Crippen molar-refractivity contribution in [3.8, 4) is 0 Å². The molecule has 0 N–H and O–H groups in total. The van der Waals surface area contributed by atoms with E-state index in [9.17, 15) is 4.79 Å². The van der Waals surface area contributed by atoms with Crippen LogP contribution in [0.3, 0.4) is 0 Å². The molecule has 0 atom stereocenters. The lowest BCUT2D eigenvalue weighted by molar-refractivity contribution is 0.0468. The number of esters is 1. The van der Waals surface area contributed by atoms with Gasteiger partial charge in [0, 0.05) is 25.6 Å². The van der Waals surface area contributed by atoms with Gasteiger partial charge in [0.15, 0.2) is 0 Å². The molecular weight excluding hydrogens is 256 g/mol. The molecule has 0 spiro atoms. The zero-order valence-corrected chi connectivity index (χ0v) is 11.3. The number of fused-ring (bicyclic) bond motifs is 1. The molecule has 6 nitrogen and oxygen atoms in total. The van der Waals surface area contributed by atoms with Gasteiger partial charge in [0.1, 0.15) is 12.3 Å². The fourth-order valence-corrected chi connectivity index (χ4v) is 1.97. The lowest BCUT2D eigenvalue weighted by atomic mass is 10.3. The molecule has 3 rings (SSSR count). The van der Waals surface area contributed by atoms with Gasteiger partial charge in [-0.25, -0.2) is 9.78 Å². The van der Waals surface area contributed by atoms with Crippen molar-refractivity contribution in [2.75, 3.05) is 0 Å². The highest BCUT2D eigenvalue weighted by Gasteiger charge is 2.10. The SMILES string of the molecule is Cc1ccc2nc(COC(=O)c3cnn(C)c3)cn2c1. The summed E-state index contributed by atoms with van der Waals surface area (Å²) in [5.41, 5.74) is 3.14. The molecule has 3 heterocycles. The molecule has 0 unspecified atom stereocenters. The second-order valence-corrected chi connectivity index (χ2v) is 4.68. The second-order valence-electron chi connectivity index (χ2n) is 4.68. The average Bonchev–Trinajstić information content (AvgIpc) is 3.01. The number of hydrogen-bond acceptors (Lipinski definition) is 4. The number of pyridine rings is 1. The maximum atomic E-state index is 11.8. The molecule has 3 aromatic heterocycles. The number of imidazole rings is 1. The number of hydrogen-bond donors (Lipinski definition) is 0. The summed E-state index contributed by atoms with van der Waals surface area (Å²) in [6, 6.07) is 3.93. The molecule has 0 aliphatic heterocycles. The van der Waals surface area contributed by atoms with Crippen LogP contribution in [0, 0.1) is 6.92 Å². The third-order valence-corrected chi connectivity index (χ3v) is 2.94. The number of aryl methyl sites for hydroxylation is 2. The van der Waals surface area contributed by atoms with Gasteiger partial charge in [0.05, 0.1) is 17.5 Å². The minimum Gasteiger partial charge on any atom is -0.455 e. The summed E-state index contributed by atoms with van der Waals surface area (Å²) in [4.78, 5) is 16.2. The smallest absolute Gasteiger partial charge is 0.341 e. The van der Waals surface area contributed by atoms with Gasteiger partial charge in [0.25, 0.3) is 0 Å². The van der Waals surface area contributed by atoms with Crippen LogP contribution in [0.1, 0.15) is 21.6 Å². The number of aromatic nitrogens is 4. The van der Waals surface area contributed by atoms with Gasteiger partial charge in [-0.2, -0.15) is 5.10 Å². The van der Waals surface area contributed by atoms with E-state index in [1.165, 1.54) is 6.20 Å². The van der Waals surface area contributed by atoms with Crippen molar-refractivity contribution < 1.29 is 9.53 Å². The van der Waals surface area contributed by atoms with E-state index in [1.807, 2.05) is 35.9 Å². The van der Waals surface area contributed by atoms with E-state index in [0.717, 1.165) is 11.2 Å². The Balaban J connectivity index is 1.72. The fraction of sp³-hybridized carbons (Fsp3) is 0.214. The van der Waals surface area contributed by atoms with Gasteiger partial charge >= 0.3 is 5.97 Å². The van der Waals surface area contributed by atoms with Gasteiger partial charge in [-0.05, 0) is 18.6 Å². The molecule has 0 aliphatic rings. The first kappa shape index (κ1) is 12.4. The van der Waals surface area contributed by atoms with E-state index in [2.05, 4.69) is 10.1 Å². The highest BCUT2D eigenvalue weighted by atomic mass is 16.5. The van der Waals surface area contributed by atoms with Crippen LogP contribution in [0.25, 0.3) is 5.65 Å². The van der Waals surface area contributed by atoms with Crippen LogP contribution in [0.15, 0.2) is 36.9 Å². The molecule has 20 heavy (non-hydrogen) atoms. The predicted octanol–water partition coefficient (Wildman–Crippen LogP) is 1.73. The van der Waals surface area contributed by atoms with E-state index < -0.39 is 5.97 Å². The van der Waals surface area contributed by atoms with Crippen molar-refractivity contribution >= 4 is 11.6 Å². The molecule has 0 amide bonds. The van der Waals surface area contributed by atoms with E-state index in [4.69, 9.17) is 4.74 Å². The van der Waals surface area contributed by atoms with Crippen LogP contribution in [-0.2, 0) is 18.4 Å². The Labute approximate surface area is 115 Å². The van der Waals surface area contributed by atoms with Crippen LogP contribution >= 0.6 is 0 Å². The fourth-order valence-electron chi connectivity index (χ4n) is 1.97. The lowest BCUT2D eigenvalue weighted by Gasteiger charge is -1.99. The summed E-state index contributed by atoms with van der Waals surface area (Å²) >= 11 is 0. The molecule has 0 bridgehead atoms. The van der Waals surface area contributed by atoms with Crippen molar-refractivity contribution in [1.82, 2.24) is 19.2 Å². The molecule has 0 saturated heterocycles. The monoisotopic (exact) mass is 270 g/mol. The van der Waals surface area contributed by atoms with E-state index in [1.54, 1.807) is 17.9 Å². The van der Waals surface area contributed by atoms with Gasteiger partial charge in [0.2, 0.25) is 0 Å². The topological polar surface area (TPSA) is 61.4 Å². The Kier molecular flexibility index (Phi) is 2.98. The Morgan fingerprint density at radius 3 is 2.90 bits per heavy atom. The summed E-state index contributed by atoms with van der Waals surface area (Å²) in [6.07, 6.45) is 6.94. The number of ether oxygens (including phenoxy) is 1. The molecule has 3 aromatic rings. The molecule has 0 fully saturated rings. The molecular formula is C14H14N4O2. The largest absolute Gasteiger partial charge is 0.455 e. The maximum absolute atomic E-state index is 11.8.